The quantitative estimate of drug-likeness (QED) is 0.573. The molecule has 1 fully saturated rings. The SMILES string of the molecule is Clc1cccc(N2CCN(c3nc(Cl)nc4sc5c(c34)CCC5)CC2)c1. The molecule has 3 heterocycles. The van der Waals surface area contributed by atoms with Crippen molar-refractivity contribution >= 4 is 56.3 Å². The molecular weight excluding hydrogens is 387 g/mol. The van der Waals surface area contributed by atoms with Crippen molar-refractivity contribution in [1.82, 2.24) is 9.97 Å². The van der Waals surface area contributed by atoms with Gasteiger partial charge in [0.25, 0.3) is 0 Å². The molecular formula is C19H18Cl2N4S. The first-order valence-corrected chi connectivity index (χ1v) is 10.5. The number of benzene rings is 1. The third kappa shape index (κ3) is 2.82. The molecule has 26 heavy (non-hydrogen) atoms. The highest BCUT2D eigenvalue weighted by atomic mass is 35.5. The van der Waals surface area contributed by atoms with Gasteiger partial charge in [-0.25, -0.2) is 4.98 Å². The van der Waals surface area contributed by atoms with Crippen molar-refractivity contribution in [3.05, 3.63) is 45.0 Å². The first kappa shape index (κ1) is 16.6. The summed E-state index contributed by atoms with van der Waals surface area (Å²) in [6.07, 6.45) is 3.54. The minimum Gasteiger partial charge on any atom is -0.368 e. The number of rotatable bonds is 2. The highest BCUT2D eigenvalue weighted by Gasteiger charge is 2.26. The van der Waals surface area contributed by atoms with E-state index < -0.39 is 0 Å². The standard InChI is InChI=1S/C19H18Cl2N4S/c20-12-3-1-4-13(11-12)24-7-9-25(10-8-24)17-16-14-5-2-6-15(14)26-18(16)23-19(21)22-17/h1,3-4,11H,2,5-10H2. The van der Waals surface area contributed by atoms with Gasteiger partial charge in [-0.1, -0.05) is 17.7 Å². The molecule has 1 saturated heterocycles. The molecule has 0 unspecified atom stereocenters. The van der Waals surface area contributed by atoms with Crippen LogP contribution in [0, 0.1) is 0 Å². The number of fused-ring (bicyclic) bond motifs is 3. The summed E-state index contributed by atoms with van der Waals surface area (Å²) in [5.41, 5.74) is 2.63. The van der Waals surface area contributed by atoms with Gasteiger partial charge in [0.2, 0.25) is 5.28 Å². The van der Waals surface area contributed by atoms with Gasteiger partial charge >= 0.3 is 0 Å². The Morgan fingerprint density at radius 1 is 0.962 bits per heavy atom. The lowest BCUT2D eigenvalue weighted by atomic mass is 10.1. The Balaban J connectivity index is 1.45. The minimum absolute atomic E-state index is 0.352. The molecule has 0 atom stereocenters. The first-order valence-electron chi connectivity index (χ1n) is 8.92. The molecule has 1 aliphatic carbocycles. The molecule has 3 aromatic rings. The molecule has 7 heteroatoms. The largest absolute Gasteiger partial charge is 0.368 e. The molecule has 1 aromatic carbocycles. The highest BCUT2D eigenvalue weighted by Crippen LogP contribution is 2.41. The van der Waals surface area contributed by atoms with Crippen LogP contribution in [0.3, 0.4) is 0 Å². The molecule has 0 bridgehead atoms. The van der Waals surface area contributed by atoms with Gasteiger partial charge in [-0.3, -0.25) is 0 Å². The highest BCUT2D eigenvalue weighted by molar-refractivity contribution is 7.19. The lowest BCUT2D eigenvalue weighted by Gasteiger charge is -2.37. The zero-order valence-corrected chi connectivity index (χ0v) is 16.5. The average Bonchev–Trinajstić information content (AvgIpc) is 3.22. The number of nitrogens with zero attached hydrogens (tertiary/aromatic N) is 4. The monoisotopic (exact) mass is 404 g/mol. The molecule has 0 radical (unpaired) electrons. The summed E-state index contributed by atoms with van der Waals surface area (Å²) in [5, 5.41) is 2.37. The first-order chi connectivity index (χ1) is 12.7. The number of piperazine rings is 1. The number of anilines is 2. The average molecular weight is 405 g/mol. The Hall–Kier alpha value is -1.56. The van der Waals surface area contributed by atoms with E-state index >= 15 is 0 Å². The molecule has 0 amide bonds. The van der Waals surface area contributed by atoms with Gasteiger partial charge in [-0.2, -0.15) is 4.98 Å². The maximum atomic E-state index is 6.24. The van der Waals surface area contributed by atoms with Gasteiger partial charge in [0.15, 0.2) is 0 Å². The molecule has 5 rings (SSSR count). The Morgan fingerprint density at radius 3 is 2.58 bits per heavy atom. The van der Waals surface area contributed by atoms with E-state index in [1.165, 1.54) is 27.9 Å². The lowest BCUT2D eigenvalue weighted by Crippen LogP contribution is -2.47. The van der Waals surface area contributed by atoms with E-state index in [0.29, 0.717) is 5.28 Å². The number of aromatic nitrogens is 2. The zero-order chi connectivity index (χ0) is 17.7. The molecule has 1 aliphatic heterocycles. The van der Waals surface area contributed by atoms with Crippen LogP contribution in [0.15, 0.2) is 24.3 Å². The second-order valence-corrected chi connectivity index (χ2v) is 8.67. The normalized spacial score (nSPS) is 17.2. The van der Waals surface area contributed by atoms with Crippen molar-refractivity contribution in [1.29, 1.82) is 0 Å². The Bertz CT molecular complexity index is 979. The smallest absolute Gasteiger partial charge is 0.225 e. The van der Waals surface area contributed by atoms with E-state index in [-0.39, 0.29) is 0 Å². The predicted octanol–water partition coefficient (Wildman–Crippen LogP) is 4.81. The van der Waals surface area contributed by atoms with Gasteiger partial charge in [-0.15, -0.1) is 11.3 Å². The van der Waals surface area contributed by atoms with Crippen LogP contribution in [0.5, 0.6) is 0 Å². The van der Waals surface area contributed by atoms with Crippen LogP contribution in [0.2, 0.25) is 10.3 Å². The second-order valence-electron chi connectivity index (χ2n) is 6.81. The third-order valence-electron chi connectivity index (χ3n) is 5.27. The van der Waals surface area contributed by atoms with Crippen LogP contribution in [0.4, 0.5) is 11.5 Å². The van der Waals surface area contributed by atoms with E-state index in [2.05, 4.69) is 25.8 Å². The van der Waals surface area contributed by atoms with Crippen molar-refractivity contribution in [3.8, 4) is 0 Å². The predicted molar refractivity (Wildman–Crippen MR) is 110 cm³/mol. The van der Waals surface area contributed by atoms with Gasteiger partial charge in [0.05, 0.1) is 5.39 Å². The van der Waals surface area contributed by atoms with E-state index in [4.69, 9.17) is 23.2 Å². The molecule has 2 aromatic heterocycles. The van der Waals surface area contributed by atoms with E-state index in [1.807, 2.05) is 18.2 Å². The lowest BCUT2D eigenvalue weighted by molar-refractivity contribution is 0.649. The number of aryl methyl sites for hydroxylation is 2. The summed E-state index contributed by atoms with van der Waals surface area (Å²) in [6.45, 7) is 3.71. The Labute approximate surface area is 166 Å². The van der Waals surface area contributed by atoms with E-state index in [9.17, 15) is 0 Å². The topological polar surface area (TPSA) is 32.3 Å². The van der Waals surface area contributed by atoms with Crippen LogP contribution < -0.4 is 9.80 Å². The van der Waals surface area contributed by atoms with Crippen LogP contribution in [-0.4, -0.2) is 36.1 Å². The maximum absolute atomic E-state index is 6.24. The summed E-state index contributed by atoms with van der Waals surface area (Å²) in [6, 6.07) is 8.07. The number of thiophene rings is 1. The van der Waals surface area contributed by atoms with Crippen LogP contribution >= 0.6 is 34.5 Å². The summed E-state index contributed by atoms with van der Waals surface area (Å²) in [5.74, 6) is 1.02. The molecule has 4 nitrogen and oxygen atoms in total. The molecule has 0 spiro atoms. The van der Waals surface area contributed by atoms with Gasteiger partial charge in [-0.05, 0) is 54.6 Å². The van der Waals surface area contributed by atoms with Gasteiger partial charge in [0, 0.05) is 41.8 Å². The number of hydrogen-bond donors (Lipinski definition) is 0. The van der Waals surface area contributed by atoms with Crippen molar-refractivity contribution < 1.29 is 0 Å². The fourth-order valence-corrected chi connectivity index (χ4v) is 5.68. The summed E-state index contributed by atoms with van der Waals surface area (Å²) in [4.78, 5) is 16.4. The van der Waals surface area contributed by atoms with Crippen LogP contribution in [0.1, 0.15) is 16.9 Å². The minimum atomic E-state index is 0.352. The van der Waals surface area contributed by atoms with Crippen molar-refractivity contribution in [2.45, 2.75) is 19.3 Å². The van der Waals surface area contributed by atoms with E-state index in [0.717, 1.165) is 54.7 Å². The molecule has 2 aliphatic rings. The third-order valence-corrected chi connectivity index (χ3v) is 6.86. The summed E-state index contributed by atoms with van der Waals surface area (Å²) >= 11 is 14.2. The second kappa shape index (κ2) is 6.55. The van der Waals surface area contributed by atoms with Crippen LogP contribution in [0.25, 0.3) is 10.2 Å². The summed E-state index contributed by atoms with van der Waals surface area (Å²) < 4.78 is 0. The summed E-state index contributed by atoms with van der Waals surface area (Å²) in [7, 11) is 0. The Morgan fingerprint density at radius 2 is 1.77 bits per heavy atom. The van der Waals surface area contributed by atoms with Gasteiger partial charge in [0.1, 0.15) is 10.6 Å². The van der Waals surface area contributed by atoms with Crippen molar-refractivity contribution in [2.24, 2.45) is 0 Å². The zero-order valence-electron chi connectivity index (χ0n) is 14.2. The number of hydrogen-bond acceptors (Lipinski definition) is 5. The van der Waals surface area contributed by atoms with Crippen LogP contribution in [-0.2, 0) is 12.8 Å². The fourth-order valence-electron chi connectivity index (χ4n) is 4.03. The van der Waals surface area contributed by atoms with Gasteiger partial charge < -0.3 is 9.80 Å². The van der Waals surface area contributed by atoms with E-state index in [1.54, 1.807) is 11.3 Å². The van der Waals surface area contributed by atoms with Crippen molar-refractivity contribution in [2.75, 3.05) is 36.0 Å². The Kier molecular flexibility index (Phi) is 4.18. The van der Waals surface area contributed by atoms with Crippen molar-refractivity contribution in [3.63, 3.8) is 0 Å². The fraction of sp³-hybridized carbons (Fsp3) is 0.368. The number of halogens is 2. The molecule has 0 N–H and O–H groups in total. The molecule has 134 valence electrons. The maximum Gasteiger partial charge on any atom is 0.225 e. The molecule has 0 saturated carbocycles.